The molecule has 2 atom stereocenters. The molecular weight excluding hydrogens is 270 g/mol. The summed E-state index contributed by atoms with van der Waals surface area (Å²) in [5, 5.41) is 11.5. The zero-order chi connectivity index (χ0) is 15.4. The molecular formula is C15H23N3O3. The van der Waals surface area contributed by atoms with Gasteiger partial charge in [0.15, 0.2) is 5.75 Å². The molecule has 116 valence electrons. The molecule has 0 radical (unpaired) electrons. The highest BCUT2D eigenvalue weighted by molar-refractivity contribution is 5.70. The van der Waals surface area contributed by atoms with E-state index < -0.39 is 0 Å². The number of hydrogen-bond acceptors (Lipinski definition) is 5. The van der Waals surface area contributed by atoms with Crippen molar-refractivity contribution >= 4 is 11.4 Å². The lowest BCUT2D eigenvalue weighted by Crippen LogP contribution is -2.45. The molecule has 2 unspecified atom stereocenters. The van der Waals surface area contributed by atoms with Crippen LogP contribution in [-0.2, 0) is 0 Å². The third-order valence-corrected chi connectivity index (χ3v) is 3.85. The van der Waals surface area contributed by atoms with Gasteiger partial charge in [0.25, 0.3) is 0 Å². The first-order valence-corrected chi connectivity index (χ1v) is 7.47. The monoisotopic (exact) mass is 293 g/mol. The Balaban J connectivity index is 2.36. The first-order valence-electron chi connectivity index (χ1n) is 7.47. The van der Waals surface area contributed by atoms with Gasteiger partial charge in [-0.1, -0.05) is 13.0 Å². The molecule has 0 aromatic heterocycles. The number of para-hydroxylation sites is 1. The van der Waals surface area contributed by atoms with Crippen LogP contribution < -0.4 is 15.4 Å². The summed E-state index contributed by atoms with van der Waals surface area (Å²) >= 11 is 0. The zero-order valence-corrected chi connectivity index (χ0v) is 12.6. The maximum Gasteiger partial charge on any atom is 0.333 e. The summed E-state index contributed by atoms with van der Waals surface area (Å²) in [7, 11) is 0. The standard InChI is InChI=1S/C15H23N3O3/c1-3-9-21-14-6-4-5-13(15(14)18(19)20)17-8-7-12(16)10-11(17)2/h4-6,11-12H,3,7-10,16H2,1-2H3. The second-order valence-corrected chi connectivity index (χ2v) is 5.56. The minimum Gasteiger partial charge on any atom is -0.487 e. The van der Waals surface area contributed by atoms with Crippen molar-refractivity contribution < 1.29 is 9.66 Å². The van der Waals surface area contributed by atoms with Gasteiger partial charge in [-0.05, 0) is 38.3 Å². The normalized spacial score (nSPS) is 22.1. The Kier molecular flexibility index (Phi) is 5.01. The maximum atomic E-state index is 11.5. The van der Waals surface area contributed by atoms with Gasteiger partial charge in [0, 0.05) is 18.6 Å². The van der Waals surface area contributed by atoms with E-state index in [1.165, 1.54) is 0 Å². The largest absolute Gasteiger partial charge is 0.487 e. The zero-order valence-electron chi connectivity index (χ0n) is 12.6. The molecule has 6 nitrogen and oxygen atoms in total. The highest BCUT2D eigenvalue weighted by Gasteiger charge is 2.30. The number of nitro groups is 1. The second kappa shape index (κ2) is 6.76. The van der Waals surface area contributed by atoms with Gasteiger partial charge in [-0.2, -0.15) is 0 Å². The van der Waals surface area contributed by atoms with Gasteiger partial charge in [0.05, 0.1) is 11.5 Å². The van der Waals surface area contributed by atoms with Gasteiger partial charge in [-0.15, -0.1) is 0 Å². The third kappa shape index (κ3) is 3.44. The molecule has 1 heterocycles. The highest BCUT2D eigenvalue weighted by atomic mass is 16.6. The van der Waals surface area contributed by atoms with Gasteiger partial charge in [0.1, 0.15) is 5.69 Å². The Morgan fingerprint density at radius 3 is 2.90 bits per heavy atom. The molecule has 0 aliphatic carbocycles. The molecule has 0 bridgehead atoms. The van der Waals surface area contributed by atoms with E-state index in [9.17, 15) is 10.1 Å². The molecule has 21 heavy (non-hydrogen) atoms. The lowest BCUT2D eigenvalue weighted by molar-refractivity contribution is -0.385. The van der Waals surface area contributed by atoms with E-state index in [0.717, 1.165) is 25.8 Å². The van der Waals surface area contributed by atoms with Crippen LogP contribution >= 0.6 is 0 Å². The van der Waals surface area contributed by atoms with E-state index >= 15 is 0 Å². The number of nitro benzene ring substituents is 1. The molecule has 0 saturated carbocycles. The molecule has 2 N–H and O–H groups in total. The SMILES string of the molecule is CCCOc1cccc(N2CCC(N)CC2C)c1[N+](=O)[O-]. The van der Waals surface area contributed by atoms with Crippen LogP contribution in [0.15, 0.2) is 18.2 Å². The molecule has 1 aliphatic rings. The Labute approximate surface area is 125 Å². The van der Waals surface area contributed by atoms with Crippen LogP contribution in [0.3, 0.4) is 0 Å². The minimum absolute atomic E-state index is 0.0632. The molecule has 1 fully saturated rings. The third-order valence-electron chi connectivity index (χ3n) is 3.85. The van der Waals surface area contributed by atoms with Gasteiger partial charge in [-0.25, -0.2) is 0 Å². The summed E-state index contributed by atoms with van der Waals surface area (Å²) in [6.07, 6.45) is 2.51. The number of nitrogens with zero attached hydrogens (tertiary/aromatic N) is 2. The Hall–Kier alpha value is -1.82. The predicted octanol–water partition coefficient (Wildman–Crippen LogP) is 2.70. The summed E-state index contributed by atoms with van der Waals surface area (Å²) < 4.78 is 5.54. The van der Waals surface area contributed by atoms with Crippen molar-refractivity contribution in [1.29, 1.82) is 0 Å². The number of hydrogen-bond donors (Lipinski definition) is 1. The van der Waals surface area contributed by atoms with Crippen molar-refractivity contribution in [3.8, 4) is 5.75 Å². The van der Waals surface area contributed by atoms with E-state index in [1.807, 2.05) is 13.0 Å². The summed E-state index contributed by atoms with van der Waals surface area (Å²) in [6, 6.07) is 5.64. The van der Waals surface area contributed by atoms with Crippen molar-refractivity contribution in [2.24, 2.45) is 5.73 Å². The average molecular weight is 293 g/mol. The molecule has 6 heteroatoms. The van der Waals surface area contributed by atoms with Gasteiger partial charge in [-0.3, -0.25) is 10.1 Å². The van der Waals surface area contributed by atoms with Crippen molar-refractivity contribution in [3.05, 3.63) is 28.3 Å². The van der Waals surface area contributed by atoms with E-state index in [0.29, 0.717) is 18.0 Å². The van der Waals surface area contributed by atoms with E-state index in [4.69, 9.17) is 10.5 Å². The summed E-state index contributed by atoms with van der Waals surface area (Å²) in [6.45, 7) is 5.25. The molecule has 0 spiro atoms. The number of rotatable bonds is 5. The summed E-state index contributed by atoms with van der Waals surface area (Å²) in [5.41, 5.74) is 6.67. The van der Waals surface area contributed by atoms with Gasteiger partial charge < -0.3 is 15.4 Å². The van der Waals surface area contributed by atoms with Crippen LogP contribution in [0.5, 0.6) is 5.75 Å². The molecule has 2 rings (SSSR count). The molecule has 1 aromatic rings. The quantitative estimate of drug-likeness (QED) is 0.666. The van der Waals surface area contributed by atoms with Crippen molar-refractivity contribution in [2.75, 3.05) is 18.1 Å². The molecule has 0 amide bonds. The molecule has 1 aromatic carbocycles. The van der Waals surface area contributed by atoms with E-state index in [2.05, 4.69) is 11.8 Å². The smallest absolute Gasteiger partial charge is 0.333 e. The highest BCUT2D eigenvalue weighted by Crippen LogP contribution is 2.39. The van der Waals surface area contributed by atoms with Gasteiger partial charge in [0.2, 0.25) is 0 Å². The number of anilines is 1. The number of benzene rings is 1. The fourth-order valence-corrected chi connectivity index (χ4v) is 2.82. The van der Waals surface area contributed by atoms with E-state index in [-0.39, 0.29) is 22.7 Å². The topological polar surface area (TPSA) is 81.6 Å². The summed E-state index contributed by atoms with van der Waals surface area (Å²) in [5.74, 6) is 0.349. The van der Waals surface area contributed by atoms with Gasteiger partial charge >= 0.3 is 5.69 Å². The predicted molar refractivity (Wildman–Crippen MR) is 82.9 cm³/mol. The number of nitrogens with two attached hydrogens (primary N) is 1. The fourth-order valence-electron chi connectivity index (χ4n) is 2.82. The lowest BCUT2D eigenvalue weighted by atomic mass is 9.98. The van der Waals surface area contributed by atoms with Crippen molar-refractivity contribution in [2.45, 2.75) is 45.2 Å². The van der Waals surface area contributed by atoms with Crippen LogP contribution in [0, 0.1) is 10.1 Å². The van der Waals surface area contributed by atoms with E-state index in [1.54, 1.807) is 12.1 Å². The van der Waals surface area contributed by atoms with Crippen molar-refractivity contribution in [1.82, 2.24) is 0 Å². The average Bonchev–Trinajstić information content (AvgIpc) is 2.44. The molecule has 1 saturated heterocycles. The summed E-state index contributed by atoms with van der Waals surface area (Å²) in [4.78, 5) is 13.2. The fraction of sp³-hybridized carbons (Fsp3) is 0.600. The minimum atomic E-state index is -0.346. The first kappa shape index (κ1) is 15.6. The first-order chi connectivity index (χ1) is 10.0. The number of piperidine rings is 1. The van der Waals surface area contributed by atoms with Crippen LogP contribution in [0.1, 0.15) is 33.1 Å². The number of ether oxygens (including phenoxy) is 1. The molecule has 1 aliphatic heterocycles. The lowest BCUT2D eigenvalue weighted by Gasteiger charge is -2.37. The van der Waals surface area contributed by atoms with Crippen LogP contribution in [0.4, 0.5) is 11.4 Å². The van der Waals surface area contributed by atoms with Crippen LogP contribution in [-0.4, -0.2) is 30.2 Å². The maximum absolute atomic E-state index is 11.5. The second-order valence-electron chi connectivity index (χ2n) is 5.56. The van der Waals surface area contributed by atoms with Crippen LogP contribution in [0.2, 0.25) is 0 Å². The Bertz CT molecular complexity index is 507. The Morgan fingerprint density at radius 2 is 2.29 bits per heavy atom. The van der Waals surface area contributed by atoms with Crippen molar-refractivity contribution in [3.63, 3.8) is 0 Å². The Morgan fingerprint density at radius 1 is 1.52 bits per heavy atom. The van der Waals surface area contributed by atoms with Crippen LogP contribution in [0.25, 0.3) is 0 Å².